The molecule has 1 fully saturated rings. The first-order valence-corrected chi connectivity index (χ1v) is 11.8. The van der Waals surface area contributed by atoms with Crippen molar-refractivity contribution < 1.29 is 17.7 Å². The second kappa shape index (κ2) is 8.33. The van der Waals surface area contributed by atoms with E-state index in [0.29, 0.717) is 43.2 Å². The minimum Gasteiger partial charge on any atom is -0.497 e. The molecule has 1 saturated heterocycles. The predicted octanol–water partition coefficient (Wildman–Crippen LogP) is 3.86. The molecule has 32 heavy (non-hydrogen) atoms. The number of rotatable bonds is 5. The van der Waals surface area contributed by atoms with E-state index in [1.807, 2.05) is 36.4 Å². The van der Waals surface area contributed by atoms with Gasteiger partial charge >= 0.3 is 0 Å². The lowest BCUT2D eigenvalue weighted by atomic mass is 9.98. The molecule has 0 atom stereocenters. The Hall–Kier alpha value is -3.30. The molecule has 0 bridgehead atoms. The van der Waals surface area contributed by atoms with Crippen molar-refractivity contribution in [3.63, 3.8) is 0 Å². The fourth-order valence-electron chi connectivity index (χ4n) is 4.05. The maximum Gasteiger partial charge on any atom is 0.245 e. The molecule has 3 heterocycles. The lowest BCUT2D eigenvalue weighted by Gasteiger charge is -2.29. The average Bonchev–Trinajstić information content (AvgIpc) is 3.34. The van der Waals surface area contributed by atoms with Crippen molar-refractivity contribution in [2.45, 2.75) is 23.7 Å². The highest BCUT2D eigenvalue weighted by Crippen LogP contribution is 2.32. The van der Waals surface area contributed by atoms with E-state index in [9.17, 15) is 8.42 Å². The van der Waals surface area contributed by atoms with Crippen LogP contribution in [0.5, 0.6) is 5.75 Å². The summed E-state index contributed by atoms with van der Waals surface area (Å²) in [4.78, 5) is 9.10. The Morgan fingerprint density at radius 3 is 2.66 bits per heavy atom. The number of nitrogens with zero attached hydrogens (tertiary/aromatic N) is 4. The zero-order valence-electron chi connectivity index (χ0n) is 17.5. The number of piperidine rings is 1. The molecule has 164 valence electrons. The van der Waals surface area contributed by atoms with Gasteiger partial charge in [0, 0.05) is 36.2 Å². The molecule has 1 aliphatic rings. The smallest absolute Gasteiger partial charge is 0.245 e. The van der Waals surface area contributed by atoms with E-state index in [0.717, 1.165) is 16.7 Å². The monoisotopic (exact) mass is 450 g/mol. The Bertz CT molecular complexity index is 1360. The summed E-state index contributed by atoms with van der Waals surface area (Å²) in [6, 6.07) is 16.4. The van der Waals surface area contributed by atoms with E-state index < -0.39 is 10.0 Å². The molecule has 8 nitrogen and oxygen atoms in total. The summed E-state index contributed by atoms with van der Waals surface area (Å²) in [6.45, 7) is 0.764. The van der Waals surface area contributed by atoms with Crippen LogP contribution in [0.4, 0.5) is 0 Å². The SMILES string of the molecule is COc1cccc(-c2noc(C3CCN(S(=O)(=O)c4cccc5cccnc45)CC3)n2)c1. The number of sulfonamides is 1. The van der Waals surface area contributed by atoms with Crippen LogP contribution in [0, 0.1) is 0 Å². The average molecular weight is 451 g/mol. The normalized spacial score (nSPS) is 15.8. The van der Waals surface area contributed by atoms with E-state index in [2.05, 4.69) is 15.1 Å². The summed E-state index contributed by atoms with van der Waals surface area (Å²) in [7, 11) is -2.04. The van der Waals surface area contributed by atoms with Crippen LogP contribution in [0.2, 0.25) is 0 Å². The first-order chi connectivity index (χ1) is 15.6. The van der Waals surface area contributed by atoms with E-state index in [-0.39, 0.29) is 10.8 Å². The van der Waals surface area contributed by atoms with Gasteiger partial charge in [0.15, 0.2) is 0 Å². The van der Waals surface area contributed by atoms with Gasteiger partial charge in [-0.1, -0.05) is 35.5 Å². The number of methoxy groups -OCH3 is 1. The van der Waals surface area contributed by atoms with Gasteiger partial charge in [-0.05, 0) is 37.1 Å². The third-order valence-electron chi connectivity index (χ3n) is 5.79. The first-order valence-electron chi connectivity index (χ1n) is 10.4. The van der Waals surface area contributed by atoms with Gasteiger partial charge in [-0.25, -0.2) is 8.42 Å². The number of pyridine rings is 1. The van der Waals surface area contributed by atoms with Crippen molar-refractivity contribution in [1.82, 2.24) is 19.4 Å². The van der Waals surface area contributed by atoms with Crippen molar-refractivity contribution in [2.24, 2.45) is 0 Å². The number of fused-ring (bicyclic) bond motifs is 1. The molecule has 2 aromatic carbocycles. The maximum absolute atomic E-state index is 13.3. The third kappa shape index (κ3) is 3.74. The van der Waals surface area contributed by atoms with Crippen LogP contribution in [-0.2, 0) is 10.0 Å². The van der Waals surface area contributed by atoms with Crippen molar-refractivity contribution in [2.75, 3.05) is 20.2 Å². The van der Waals surface area contributed by atoms with Crippen LogP contribution in [0.3, 0.4) is 0 Å². The number of hydrogen-bond acceptors (Lipinski definition) is 7. The van der Waals surface area contributed by atoms with E-state index in [4.69, 9.17) is 9.26 Å². The minimum absolute atomic E-state index is 0.0129. The van der Waals surface area contributed by atoms with Gasteiger partial charge in [-0.2, -0.15) is 9.29 Å². The molecule has 0 spiro atoms. The molecule has 0 saturated carbocycles. The highest BCUT2D eigenvalue weighted by atomic mass is 32.2. The maximum atomic E-state index is 13.3. The Balaban J connectivity index is 1.32. The number of para-hydroxylation sites is 1. The summed E-state index contributed by atoms with van der Waals surface area (Å²) in [5.74, 6) is 1.76. The molecule has 0 N–H and O–H groups in total. The Morgan fingerprint density at radius 1 is 1.06 bits per heavy atom. The van der Waals surface area contributed by atoms with Gasteiger partial charge in [0.05, 0.1) is 12.6 Å². The molecule has 0 unspecified atom stereocenters. The Labute approximate surface area is 185 Å². The number of benzene rings is 2. The van der Waals surface area contributed by atoms with Gasteiger partial charge < -0.3 is 9.26 Å². The Kier molecular flexibility index (Phi) is 5.36. The van der Waals surface area contributed by atoms with Crippen molar-refractivity contribution in [3.8, 4) is 17.1 Å². The molecule has 5 rings (SSSR count). The summed E-state index contributed by atoms with van der Waals surface area (Å²) < 4.78 is 38.9. The zero-order valence-corrected chi connectivity index (χ0v) is 18.3. The largest absolute Gasteiger partial charge is 0.497 e. The molecule has 4 aromatic rings. The van der Waals surface area contributed by atoms with Crippen LogP contribution < -0.4 is 4.74 Å². The summed E-state index contributed by atoms with van der Waals surface area (Å²) in [6.07, 6.45) is 2.83. The van der Waals surface area contributed by atoms with Gasteiger partial charge in [0.25, 0.3) is 0 Å². The van der Waals surface area contributed by atoms with Gasteiger partial charge in [-0.3, -0.25) is 4.98 Å². The fraction of sp³-hybridized carbons (Fsp3) is 0.261. The highest BCUT2D eigenvalue weighted by molar-refractivity contribution is 7.89. The van der Waals surface area contributed by atoms with Crippen LogP contribution >= 0.6 is 0 Å². The molecule has 0 aliphatic carbocycles. The molecule has 1 aliphatic heterocycles. The first kappa shape index (κ1) is 20.6. The van der Waals surface area contributed by atoms with E-state index in [1.165, 1.54) is 4.31 Å². The van der Waals surface area contributed by atoms with Crippen molar-refractivity contribution in [3.05, 3.63) is 66.7 Å². The standard InChI is InChI=1S/C23H22N4O4S/c1-30-19-8-2-6-18(15-19)22-25-23(31-26-22)17-10-13-27(14-11-17)32(28,29)20-9-3-5-16-7-4-12-24-21(16)20/h2-9,12,15,17H,10-11,13-14H2,1H3. The Morgan fingerprint density at radius 2 is 1.84 bits per heavy atom. The van der Waals surface area contributed by atoms with E-state index >= 15 is 0 Å². The zero-order chi connectivity index (χ0) is 22.1. The molecular formula is C23H22N4O4S. The van der Waals surface area contributed by atoms with Crippen LogP contribution in [0.15, 0.2) is 70.2 Å². The molecule has 0 radical (unpaired) electrons. The van der Waals surface area contributed by atoms with E-state index in [1.54, 1.807) is 31.5 Å². The van der Waals surface area contributed by atoms with Gasteiger partial charge in [0.2, 0.25) is 21.7 Å². The van der Waals surface area contributed by atoms with Crippen molar-refractivity contribution in [1.29, 1.82) is 0 Å². The highest BCUT2D eigenvalue weighted by Gasteiger charge is 2.33. The number of aromatic nitrogens is 3. The number of ether oxygens (including phenoxy) is 1. The molecule has 2 aromatic heterocycles. The number of hydrogen-bond donors (Lipinski definition) is 0. The lowest BCUT2D eigenvalue weighted by Crippen LogP contribution is -2.38. The topological polar surface area (TPSA) is 98.4 Å². The van der Waals surface area contributed by atoms with Crippen LogP contribution in [0.1, 0.15) is 24.7 Å². The summed E-state index contributed by atoms with van der Waals surface area (Å²) in [5.41, 5.74) is 1.31. The molecule has 0 amide bonds. The summed E-state index contributed by atoms with van der Waals surface area (Å²) in [5, 5.41) is 4.91. The van der Waals surface area contributed by atoms with Gasteiger partial charge in [-0.15, -0.1) is 0 Å². The van der Waals surface area contributed by atoms with Crippen LogP contribution in [0.25, 0.3) is 22.3 Å². The second-order valence-electron chi connectivity index (χ2n) is 7.70. The van der Waals surface area contributed by atoms with Gasteiger partial charge in [0.1, 0.15) is 10.6 Å². The summed E-state index contributed by atoms with van der Waals surface area (Å²) >= 11 is 0. The van der Waals surface area contributed by atoms with Crippen LogP contribution in [-0.4, -0.2) is 48.0 Å². The third-order valence-corrected chi connectivity index (χ3v) is 7.72. The van der Waals surface area contributed by atoms with Crippen molar-refractivity contribution >= 4 is 20.9 Å². The predicted molar refractivity (Wildman–Crippen MR) is 119 cm³/mol. The molecule has 9 heteroatoms. The lowest BCUT2D eigenvalue weighted by molar-refractivity contribution is 0.271. The second-order valence-corrected chi connectivity index (χ2v) is 9.60. The fourth-order valence-corrected chi connectivity index (χ4v) is 5.68. The quantitative estimate of drug-likeness (QED) is 0.455. The minimum atomic E-state index is -3.65. The molecular weight excluding hydrogens is 428 g/mol.